The highest BCUT2D eigenvalue weighted by molar-refractivity contribution is 5.84. The Morgan fingerprint density at radius 1 is 0.638 bits per heavy atom. The van der Waals surface area contributed by atoms with E-state index in [4.69, 9.17) is 28.8 Å². The third-order valence-corrected chi connectivity index (χ3v) is 7.98. The van der Waals surface area contributed by atoms with Crippen LogP contribution in [0.3, 0.4) is 0 Å². The van der Waals surface area contributed by atoms with Gasteiger partial charge in [0.15, 0.2) is 24.4 Å². The van der Waals surface area contributed by atoms with E-state index in [0.717, 1.165) is 25.8 Å². The first-order chi connectivity index (χ1) is 22.5. The average Bonchev–Trinajstić information content (AvgIpc) is 3.09. The molecule has 4 fully saturated rings. The average molecular weight is 661 g/mol. The van der Waals surface area contributed by atoms with Gasteiger partial charge in [0.1, 0.15) is 12.2 Å². The molecule has 0 saturated carbocycles. The van der Waals surface area contributed by atoms with Crippen molar-refractivity contribution in [1.29, 1.82) is 0 Å². The van der Waals surface area contributed by atoms with E-state index in [2.05, 4.69) is 0 Å². The number of hydrogen-bond donors (Lipinski definition) is 0. The Labute approximate surface area is 273 Å². The number of hydroxylamine groups is 8. The van der Waals surface area contributed by atoms with Gasteiger partial charge in [-0.1, -0.05) is 30.3 Å². The maximum Gasteiger partial charge on any atom is 0.434 e. The number of hydrogen-bond acceptors (Lipinski definition) is 11. The lowest BCUT2D eigenvalue weighted by molar-refractivity contribution is -0.271. The highest BCUT2D eigenvalue weighted by atomic mass is 16.8. The van der Waals surface area contributed by atoms with E-state index in [9.17, 15) is 24.0 Å². The van der Waals surface area contributed by atoms with E-state index >= 15 is 0 Å². The van der Waals surface area contributed by atoms with Crippen LogP contribution in [0.4, 0.5) is 4.79 Å². The molecule has 1 aromatic rings. The standard InChI is InChI=1S/C32H44N4O11/c1-32(2,3)43-31(41)36-20-9-15-25(46-36)29(39)34-18-7-13-23(44-34)27(37)33-17-8-14-24(45-33)28(38)35-19-10-16-26(47-35)30(40)42-21-22-11-5-4-6-12-22/h4-6,11-12,23-26H,7-10,13-21H2,1-3H3/t23-,24-,25-,26-/m1/s1. The van der Waals surface area contributed by atoms with Crippen LogP contribution < -0.4 is 0 Å². The molecule has 4 saturated heterocycles. The summed E-state index contributed by atoms with van der Waals surface area (Å²) in [6.07, 6.45) is -1.06. The Bertz CT molecular complexity index is 1290. The molecule has 258 valence electrons. The minimum atomic E-state index is -1.01. The van der Waals surface area contributed by atoms with Gasteiger partial charge in [-0.2, -0.15) is 5.06 Å². The van der Waals surface area contributed by atoms with Crippen molar-refractivity contribution in [2.75, 3.05) is 26.2 Å². The summed E-state index contributed by atoms with van der Waals surface area (Å²) in [4.78, 5) is 88.3. The van der Waals surface area contributed by atoms with Gasteiger partial charge in [0.2, 0.25) is 0 Å². The van der Waals surface area contributed by atoms with Crippen LogP contribution in [0, 0.1) is 0 Å². The number of amides is 4. The minimum absolute atomic E-state index is 0.0980. The van der Waals surface area contributed by atoms with Gasteiger partial charge in [0.25, 0.3) is 17.7 Å². The number of carbonyl (C=O) groups is 5. The van der Waals surface area contributed by atoms with Crippen molar-refractivity contribution in [1.82, 2.24) is 20.3 Å². The van der Waals surface area contributed by atoms with E-state index < -0.39 is 59.8 Å². The van der Waals surface area contributed by atoms with E-state index in [1.54, 1.807) is 20.8 Å². The van der Waals surface area contributed by atoms with Crippen molar-refractivity contribution in [2.45, 2.75) is 109 Å². The molecule has 4 amide bonds. The second kappa shape index (κ2) is 15.4. The molecule has 15 nitrogen and oxygen atoms in total. The van der Waals surface area contributed by atoms with Crippen LogP contribution in [-0.2, 0) is 54.6 Å². The van der Waals surface area contributed by atoms with E-state index in [1.165, 1.54) is 0 Å². The van der Waals surface area contributed by atoms with Gasteiger partial charge in [-0.3, -0.25) is 33.7 Å². The van der Waals surface area contributed by atoms with E-state index in [1.807, 2.05) is 30.3 Å². The molecule has 47 heavy (non-hydrogen) atoms. The summed E-state index contributed by atoms with van der Waals surface area (Å²) in [6.45, 7) is 6.36. The van der Waals surface area contributed by atoms with E-state index in [-0.39, 0.29) is 32.8 Å². The molecule has 0 unspecified atom stereocenters. The fourth-order valence-electron chi connectivity index (χ4n) is 5.62. The Kier molecular flexibility index (Phi) is 11.3. The molecule has 0 N–H and O–H groups in total. The quantitative estimate of drug-likeness (QED) is 0.414. The summed E-state index contributed by atoms with van der Waals surface area (Å²) in [5.41, 5.74) is 0.118. The number of benzene rings is 1. The van der Waals surface area contributed by atoms with Gasteiger partial charge in [-0.15, -0.1) is 0 Å². The van der Waals surface area contributed by atoms with Gasteiger partial charge in [-0.25, -0.2) is 24.8 Å². The fraction of sp³-hybridized carbons (Fsp3) is 0.656. The SMILES string of the molecule is CC(C)(C)OC(=O)N1CCC[C@H](C(=O)N2CCC[C@H](C(=O)N3CCC[C@H](C(=O)N4CCC[C@H](C(=O)OCc5ccccc5)O4)O3)O2)O1. The molecule has 0 aliphatic carbocycles. The first-order valence-electron chi connectivity index (χ1n) is 16.3. The van der Waals surface area contributed by atoms with Crippen molar-refractivity contribution in [3.63, 3.8) is 0 Å². The van der Waals surface area contributed by atoms with Crippen LogP contribution in [0.1, 0.15) is 77.7 Å². The maximum atomic E-state index is 13.5. The summed E-state index contributed by atoms with van der Waals surface area (Å²) in [5, 5.41) is 4.39. The number of nitrogens with zero attached hydrogens (tertiary/aromatic N) is 4. The van der Waals surface area contributed by atoms with Gasteiger partial charge in [0.05, 0.1) is 6.54 Å². The lowest BCUT2D eigenvalue weighted by atomic mass is 10.1. The Balaban J connectivity index is 1.11. The molecule has 4 aliphatic rings. The zero-order valence-corrected chi connectivity index (χ0v) is 27.2. The van der Waals surface area contributed by atoms with Crippen molar-refractivity contribution in [3.8, 4) is 0 Å². The molecular formula is C32H44N4O11. The van der Waals surface area contributed by atoms with E-state index in [0.29, 0.717) is 51.4 Å². The zero-order valence-electron chi connectivity index (χ0n) is 27.2. The summed E-state index contributed by atoms with van der Waals surface area (Å²) in [5.74, 6) is -2.06. The Morgan fingerprint density at radius 3 is 1.51 bits per heavy atom. The summed E-state index contributed by atoms with van der Waals surface area (Å²) < 4.78 is 10.8. The van der Waals surface area contributed by atoms with Crippen molar-refractivity contribution < 1.29 is 52.8 Å². The predicted octanol–water partition coefficient (Wildman–Crippen LogP) is 2.83. The predicted molar refractivity (Wildman–Crippen MR) is 161 cm³/mol. The zero-order chi connectivity index (χ0) is 33.6. The van der Waals surface area contributed by atoms with Crippen LogP contribution in [0.5, 0.6) is 0 Å². The molecule has 15 heteroatoms. The summed E-state index contributed by atoms with van der Waals surface area (Å²) >= 11 is 0. The number of esters is 1. The molecule has 5 rings (SSSR count). The number of rotatable bonds is 6. The second-order valence-electron chi connectivity index (χ2n) is 12.9. The van der Waals surface area contributed by atoms with Crippen LogP contribution in [-0.4, -0.2) is 106 Å². The van der Waals surface area contributed by atoms with Gasteiger partial charge in [0, 0.05) is 19.6 Å². The lowest BCUT2D eigenvalue weighted by Gasteiger charge is -2.39. The first-order valence-corrected chi connectivity index (χ1v) is 16.3. The van der Waals surface area contributed by atoms with Gasteiger partial charge >= 0.3 is 12.1 Å². The molecule has 4 aliphatic heterocycles. The third-order valence-electron chi connectivity index (χ3n) is 7.98. The van der Waals surface area contributed by atoms with Crippen molar-refractivity contribution in [2.24, 2.45) is 0 Å². The number of carbonyl (C=O) groups excluding carboxylic acids is 5. The van der Waals surface area contributed by atoms with Crippen molar-refractivity contribution >= 4 is 29.8 Å². The topological polar surface area (TPSA) is 154 Å². The molecule has 4 atom stereocenters. The van der Waals surface area contributed by atoms with Gasteiger partial charge in [-0.05, 0) is 77.7 Å². The molecule has 0 radical (unpaired) electrons. The summed E-state index contributed by atoms with van der Waals surface area (Å²) in [6, 6.07) is 9.26. The lowest BCUT2D eigenvalue weighted by Crippen LogP contribution is -2.55. The fourth-order valence-corrected chi connectivity index (χ4v) is 5.62. The Hall–Kier alpha value is -3.79. The third kappa shape index (κ3) is 9.18. The van der Waals surface area contributed by atoms with Crippen LogP contribution in [0.15, 0.2) is 30.3 Å². The van der Waals surface area contributed by atoms with Crippen LogP contribution in [0.2, 0.25) is 0 Å². The smallest absolute Gasteiger partial charge is 0.434 e. The second-order valence-corrected chi connectivity index (χ2v) is 12.9. The largest absolute Gasteiger partial charge is 0.459 e. The molecule has 0 aromatic heterocycles. The summed E-state index contributed by atoms with van der Waals surface area (Å²) in [7, 11) is 0. The molecule has 0 bridgehead atoms. The first kappa shape index (κ1) is 34.5. The van der Waals surface area contributed by atoms with Crippen LogP contribution in [0.25, 0.3) is 0 Å². The number of ether oxygens (including phenoxy) is 2. The monoisotopic (exact) mass is 660 g/mol. The normalized spacial score (nSPS) is 25.6. The van der Waals surface area contributed by atoms with Gasteiger partial charge < -0.3 is 9.47 Å². The molecule has 0 spiro atoms. The highest BCUT2D eigenvalue weighted by Gasteiger charge is 2.42. The Morgan fingerprint density at radius 2 is 1.04 bits per heavy atom. The maximum absolute atomic E-state index is 13.5. The van der Waals surface area contributed by atoms with Crippen LogP contribution >= 0.6 is 0 Å². The van der Waals surface area contributed by atoms with Crippen molar-refractivity contribution in [3.05, 3.63) is 35.9 Å². The minimum Gasteiger partial charge on any atom is -0.459 e. The highest BCUT2D eigenvalue weighted by Crippen LogP contribution is 2.26. The molecular weight excluding hydrogens is 616 g/mol. The molecule has 1 aromatic carbocycles. The molecule has 4 heterocycles.